The summed E-state index contributed by atoms with van der Waals surface area (Å²) < 4.78 is 7.81. The second kappa shape index (κ2) is 8.67. The zero-order valence-corrected chi connectivity index (χ0v) is 23.6. The van der Waals surface area contributed by atoms with Crippen LogP contribution in [0.3, 0.4) is 0 Å². The van der Waals surface area contributed by atoms with Crippen LogP contribution in [-0.2, 0) is 9.59 Å². The van der Waals surface area contributed by atoms with Crippen molar-refractivity contribution in [1.29, 1.82) is 0 Å². The van der Waals surface area contributed by atoms with Crippen LogP contribution < -0.4 is 4.74 Å². The minimum atomic E-state index is -0.402. The molecule has 0 saturated heterocycles. The number of nitrogens with zero attached hydrogens (tertiary/aromatic N) is 1. The fourth-order valence-corrected chi connectivity index (χ4v) is 7.20. The highest BCUT2D eigenvalue weighted by Crippen LogP contribution is 2.56. The van der Waals surface area contributed by atoms with Gasteiger partial charge in [0, 0.05) is 57.9 Å². The average Bonchev–Trinajstić information content (AvgIpc) is 2.66. The number of ether oxygens (including phenoxy) is 1. The Kier molecular flexibility index (Phi) is 6.50. The van der Waals surface area contributed by atoms with Crippen LogP contribution in [0.5, 0.6) is 5.75 Å². The van der Waals surface area contributed by atoms with Gasteiger partial charge in [-0.25, -0.2) is 0 Å². The van der Waals surface area contributed by atoms with E-state index < -0.39 is 5.92 Å². The molecule has 0 aromatic heterocycles. The molecular weight excluding hydrogens is 546 g/mol. The maximum Gasteiger partial charge on any atom is 0.162 e. The zero-order chi connectivity index (χ0) is 24.3. The summed E-state index contributed by atoms with van der Waals surface area (Å²) >= 11 is 7.30. The van der Waals surface area contributed by atoms with E-state index in [2.05, 4.69) is 71.4 Å². The molecule has 0 bridgehead atoms. The third-order valence-corrected chi connectivity index (χ3v) is 8.02. The lowest BCUT2D eigenvalue weighted by atomic mass is 9.63. The van der Waals surface area contributed by atoms with E-state index >= 15 is 0 Å². The van der Waals surface area contributed by atoms with Crippen molar-refractivity contribution >= 4 is 43.4 Å². The Morgan fingerprint density at radius 3 is 1.88 bits per heavy atom. The molecule has 0 amide bonds. The van der Waals surface area contributed by atoms with Gasteiger partial charge in [0.15, 0.2) is 11.6 Å². The van der Waals surface area contributed by atoms with Crippen molar-refractivity contribution in [2.45, 2.75) is 73.1 Å². The highest BCUT2D eigenvalue weighted by Gasteiger charge is 2.49. The van der Waals surface area contributed by atoms with Crippen LogP contribution in [0, 0.1) is 10.8 Å². The van der Waals surface area contributed by atoms with Gasteiger partial charge >= 0.3 is 0 Å². The smallest absolute Gasteiger partial charge is 0.162 e. The molecule has 0 N–H and O–H groups in total. The summed E-state index contributed by atoms with van der Waals surface area (Å²) in [6.45, 7) is 14.0. The third kappa shape index (κ3) is 4.38. The fourth-order valence-electron chi connectivity index (χ4n) is 5.83. The highest BCUT2D eigenvalue weighted by atomic mass is 79.9. The van der Waals surface area contributed by atoms with E-state index in [0.29, 0.717) is 25.2 Å². The van der Waals surface area contributed by atoms with Gasteiger partial charge in [-0.2, -0.15) is 0 Å². The molecule has 0 atom stereocenters. The number of hydrogen-bond donors (Lipinski definition) is 0. The van der Waals surface area contributed by atoms with Crippen LogP contribution in [0.1, 0.15) is 78.7 Å². The Morgan fingerprint density at radius 2 is 1.42 bits per heavy atom. The van der Waals surface area contributed by atoms with Gasteiger partial charge in [-0.1, -0.05) is 43.6 Å². The molecule has 3 aliphatic rings. The molecule has 2 aliphatic carbocycles. The van der Waals surface area contributed by atoms with E-state index in [4.69, 9.17) is 4.74 Å². The minimum absolute atomic E-state index is 0.110. The molecule has 33 heavy (non-hydrogen) atoms. The van der Waals surface area contributed by atoms with E-state index in [1.54, 1.807) is 0 Å². The standard InChI is InChI=1S/C27H33Br2NO3/c1-7-30-18-11-26(3,4)13-20(31)23(18)22(24-19(30)12-27(5,6)14-21(24)32)16-9-15(28)10-17(29)25(16)33-8-2/h9-10,22H,7-8,11-14H2,1-6H3. The van der Waals surface area contributed by atoms with E-state index in [0.717, 1.165) is 56.4 Å². The zero-order valence-electron chi connectivity index (χ0n) is 20.4. The molecule has 0 radical (unpaired) electrons. The van der Waals surface area contributed by atoms with E-state index in [1.807, 2.05) is 19.1 Å². The van der Waals surface area contributed by atoms with Gasteiger partial charge < -0.3 is 9.64 Å². The summed E-state index contributed by atoms with van der Waals surface area (Å²) in [5, 5.41) is 0. The Bertz CT molecular complexity index is 1040. The summed E-state index contributed by atoms with van der Waals surface area (Å²) in [4.78, 5) is 29.8. The molecule has 4 nitrogen and oxygen atoms in total. The number of Topliss-reactive ketones (excluding diaryl/α,β-unsaturated/α-hetero) is 2. The Labute approximate surface area is 214 Å². The second-order valence-electron chi connectivity index (χ2n) is 11.0. The highest BCUT2D eigenvalue weighted by molar-refractivity contribution is 9.11. The van der Waals surface area contributed by atoms with Gasteiger partial charge in [0.25, 0.3) is 0 Å². The predicted molar refractivity (Wildman–Crippen MR) is 138 cm³/mol. The maximum atomic E-state index is 13.8. The molecule has 1 aromatic carbocycles. The number of halogens is 2. The van der Waals surface area contributed by atoms with Crippen molar-refractivity contribution in [3.8, 4) is 5.75 Å². The van der Waals surface area contributed by atoms with Gasteiger partial charge in [0.05, 0.1) is 11.1 Å². The first-order valence-corrected chi connectivity index (χ1v) is 13.4. The Balaban J connectivity index is 2.06. The van der Waals surface area contributed by atoms with Gasteiger partial charge in [-0.3, -0.25) is 9.59 Å². The van der Waals surface area contributed by atoms with Crippen LogP contribution in [-0.4, -0.2) is 29.6 Å². The first-order valence-electron chi connectivity index (χ1n) is 11.8. The van der Waals surface area contributed by atoms with Crippen molar-refractivity contribution in [2.75, 3.05) is 13.2 Å². The number of allylic oxidation sites excluding steroid dienone is 4. The van der Waals surface area contributed by atoms with Crippen LogP contribution in [0.25, 0.3) is 0 Å². The molecule has 0 fully saturated rings. The summed E-state index contributed by atoms with van der Waals surface area (Å²) in [6.07, 6.45) is 2.62. The van der Waals surface area contributed by atoms with Crippen LogP contribution >= 0.6 is 31.9 Å². The minimum Gasteiger partial charge on any atom is -0.492 e. The lowest BCUT2D eigenvalue weighted by Crippen LogP contribution is -2.44. The quantitative estimate of drug-likeness (QED) is 0.375. The normalized spacial score (nSPS) is 22.5. The van der Waals surface area contributed by atoms with Crippen LogP contribution in [0.2, 0.25) is 0 Å². The van der Waals surface area contributed by atoms with E-state index in [9.17, 15) is 9.59 Å². The van der Waals surface area contributed by atoms with Gasteiger partial charge in [-0.05, 0) is 65.6 Å². The maximum absolute atomic E-state index is 13.8. The first kappa shape index (κ1) is 24.7. The second-order valence-corrected chi connectivity index (χ2v) is 12.8. The summed E-state index contributed by atoms with van der Waals surface area (Å²) in [5.74, 6) is 0.602. The number of ketones is 2. The van der Waals surface area contributed by atoms with Gasteiger partial charge in [0.1, 0.15) is 5.75 Å². The molecule has 178 valence electrons. The van der Waals surface area contributed by atoms with Crippen molar-refractivity contribution in [2.24, 2.45) is 10.8 Å². The van der Waals surface area contributed by atoms with Crippen molar-refractivity contribution in [3.05, 3.63) is 49.2 Å². The number of rotatable bonds is 4. The lowest BCUT2D eigenvalue weighted by Gasteiger charge is -2.49. The van der Waals surface area contributed by atoms with Gasteiger partial charge in [-0.15, -0.1) is 0 Å². The van der Waals surface area contributed by atoms with Crippen molar-refractivity contribution in [3.63, 3.8) is 0 Å². The molecule has 4 rings (SSSR count). The van der Waals surface area contributed by atoms with Crippen molar-refractivity contribution < 1.29 is 14.3 Å². The topological polar surface area (TPSA) is 46.6 Å². The predicted octanol–water partition coefficient (Wildman–Crippen LogP) is 7.32. The number of carbonyl (C=O) groups is 2. The van der Waals surface area contributed by atoms with Crippen molar-refractivity contribution in [1.82, 2.24) is 4.90 Å². The molecule has 1 aromatic rings. The monoisotopic (exact) mass is 577 g/mol. The molecule has 0 saturated carbocycles. The molecule has 1 heterocycles. The third-order valence-electron chi connectivity index (χ3n) is 6.97. The largest absolute Gasteiger partial charge is 0.492 e. The number of carbonyl (C=O) groups excluding carboxylic acids is 2. The van der Waals surface area contributed by atoms with E-state index in [1.165, 1.54) is 0 Å². The summed E-state index contributed by atoms with van der Waals surface area (Å²) in [5.41, 5.74) is 4.41. The number of hydrogen-bond acceptors (Lipinski definition) is 4. The lowest BCUT2D eigenvalue weighted by molar-refractivity contribution is -0.119. The summed E-state index contributed by atoms with van der Waals surface area (Å²) in [7, 11) is 0. The fraction of sp³-hybridized carbons (Fsp3) is 0.556. The van der Waals surface area contributed by atoms with Crippen LogP contribution in [0.4, 0.5) is 0 Å². The summed E-state index contributed by atoms with van der Waals surface area (Å²) in [6, 6.07) is 3.98. The Hall–Kier alpha value is -1.40. The molecule has 1 aliphatic heterocycles. The van der Waals surface area contributed by atoms with E-state index in [-0.39, 0.29) is 22.4 Å². The number of benzene rings is 1. The average molecular weight is 579 g/mol. The SMILES string of the molecule is CCOc1c(Br)cc(Br)cc1C1C2=C(CC(C)(C)CC2=O)N(CC)C2=C1C(=O)CC(C)(C)C2. The van der Waals surface area contributed by atoms with Gasteiger partial charge in [0.2, 0.25) is 0 Å². The molecule has 0 unspecified atom stereocenters. The molecule has 6 heteroatoms. The molecular formula is C27H33Br2NO3. The van der Waals surface area contributed by atoms with Crippen LogP contribution in [0.15, 0.2) is 43.6 Å². The first-order chi connectivity index (χ1) is 15.4. The Morgan fingerprint density at radius 1 is 0.909 bits per heavy atom. The molecule has 0 spiro atoms.